The Morgan fingerprint density at radius 2 is 1.84 bits per heavy atom. The zero-order valence-electron chi connectivity index (χ0n) is 14.9. The molecule has 0 unspecified atom stereocenters. The molecule has 136 valence electrons. The zero-order chi connectivity index (χ0) is 17.4. The van der Waals surface area contributed by atoms with Gasteiger partial charge in [-0.2, -0.15) is 0 Å². The van der Waals surface area contributed by atoms with Crippen LogP contribution < -0.4 is 10.6 Å². The maximum absolute atomic E-state index is 12.4. The Labute approximate surface area is 153 Å². The fourth-order valence-corrected chi connectivity index (χ4v) is 6.60. The molecule has 4 aliphatic carbocycles. The van der Waals surface area contributed by atoms with Crippen molar-refractivity contribution in [2.75, 3.05) is 6.54 Å². The molecule has 1 atom stereocenters. The summed E-state index contributed by atoms with van der Waals surface area (Å²) in [6, 6.07) is 3.91. The van der Waals surface area contributed by atoms with Crippen molar-refractivity contribution in [3.8, 4) is 0 Å². The van der Waals surface area contributed by atoms with Crippen LogP contribution in [0.1, 0.15) is 61.5 Å². The number of amides is 2. The van der Waals surface area contributed by atoms with Crippen molar-refractivity contribution in [1.29, 1.82) is 0 Å². The molecular formula is C20H28N2O2S. The van der Waals surface area contributed by atoms with Crippen LogP contribution in [0.5, 0.6) is 0 Å². The van der Waals surface area contributed by atoms with Crippen LogP contribution in [0.25, 0.3) is 0 Å². The minimum Gasteiger partial charge on any atom is -0.353 e. The molecule has 0 spiro atoms. The molecule has 0 aliphatic heterocycles. The summed E-state index contributed by atoms with van der Waals surface area (Å²) in [5.74, 6) is 2.67. The van der Waals surface area contributed by atoms with E-state index >= 15 is 0 Å². The van der Waals surface area contributed by atoms with Gasteiger partial charge in [-0.15, -0.1) is 11.3 Å². The van der Waals surface area contributed by atoms with Gasteiger partial charge in [0.2, 0.25) is 5.91 Å². The molecule has 4 saturated carbocycles. The maximum atomic E-state index is 12.4. The van der Waals surface area contributed by atoms with Crippen LogP contribution in [0.15, 0.2) is 17.5 Å². The summed E-state index contributed by atoms with van der Waals surface area (Å²) in [6.45, 7) is 2.60. The number of hydrogen-bond donors (Lipinski definition) is 2. The second-order valence-corrected chi connectivity index (χ2v) is 9.50. The standard InChI is InChI=1S/C20H28N2O2S/c1-13(20-10-14-7-15(11-20)9-16(8-14)12-20)22-18(23)4-5-21-19(24)17-3-2-6-25-17/h2-3,6,13-16H,4-5,7-12H2,1H3,(H,21,24)(H,22,23)/t13-,14?,15?,16?,20?/m0/s1. The predicted octanol–water partition coefficient (Wildman–Crippen LogP) is 3.59. The molecule has 0 radical (unpaired) electrons. The molecule has 1 heterocycles. The lowest BCUT2D eigenvalue weighted by Crippen LogP contribution is -2.56. The number of carbonyl (C=O) groups excluding carboxylic acids is 2. The van der Waals surface area contributed by atoms with Gasteiger partial charge in [0.15, 0.2) is 0 Å². The number of hydrogen-bond acceptors (Lipinski definition) is 3. The smallest absolute Gasteiger partial charge is 0.261 e. The van der Waals surface area contributed by atoms with Crippen molar-refractivity contribution in [3.63, 3.8) is 0 Å². The Hall–Kier alpha value is -1.36. The third-order valence-corrected chi connectivity index (χ3v) is 7.63. The van der Waals surface area contributed by atoms with E-state index in [9.17, 15) is 9.59 Å². The zero-order valence-corrected chi connectivity index (χ0v) is 15.7. The van der Waals surface area contributed by atoms with Crippen LogP contribution in [0.3, 0.4) is 0 Å². The molecule has 2 amide bonds. The van der Waals surface area contributed by atoms with E-state index in [1.54, 1.807) is 6.07 Å². The number of thiophene rings is 1. The molecule has 5 rings (SSSR count). The average molecular weight is 361 g/mol. The molecule has 4 fully saturated rings. The van der Waals surface area contributed by atoms with Crippen LogP contribution in [0, 0.1) is 23.2 Å². The molecular weight excluding hydrogens is 332 g/mol. The predicted molar refractivity (Wildman–Crippen MR) is 99.5 cm³/mol. The molecule has 1 aromatic heterocycles. The highest BCUT2D eigenvalue weighted by Crippen LogP contribution is 2.61. The minimum atomic E-state index is -0.0862. The highest BCUT2D eigenvalue weighted by molar-refractivity contribution is 7.12. The first kappa shape index (κ1) is 17.1. The van der Waals surface area contributed by atoms with Crippen molar-refractivity contribution in [3.05, 3.63) is 22.4 Å². The highest BCUT2D eigenvalue weighted by atomic mass is 32.1. The van der Waals surface area contributed by atoms with Gasteiger partial charge in [0, 0.05) is 19.0 Å². The molecule has 1 aromatic rings. The lowest BCUT2D eigenvalue weighted by Gasteiger charge is -2.59. The van der Waals surface area contributed by atoms with Gasteiger partial charge in [0.25, 0.3) is 5.91 Å². The number of nitrogens with one attached hydrogen (secondary N) is 2. The van der Waals surface area contributed by atoms with E-state index in [0.717, 1.165) is 17.8 Å². The van der Waals surface area contributed by atoms with Gasteiger partial charge in [-0.25, -0.2) is 0 Å². The summed E-state index contributed by atoms with van der Waals surface area (Å²) >= 11 is 1.42. The number of rotatable bonds is 6. The lowest BCUT2D eigenvalue weighted by molar-refractivity contribution is -0.125. The normalized spacial score (nSPS) is 33.9. The summed E-state index contributed by atoms with van der Waals surface area (Å²) < 4.78 is 0. The molecule has 4 aliphatic rings. The van der Waals surface area contributed by atoms with Crippen LogP contribution in [-0.4, -0.2) is 24.4 Å². The summed E-state index contributed by atoms with van der Waals surface area (Å²) in [5, 5.41) is 7.98. The average Bonchev–Trinajstić information content (AvgIpc) is 3.08. The third kappa shape index (κ3) is 3.48. The second-order valence-electron chi connectivity index (χ2n) is 8.55. The first-order chi connectivity index (χ1) is 12.0. The third-order valence-electron chi connectivity index (χ3n) is 6.76. The molecule has 2 N–H and O–H groups in total. The van der Waals surface area contributed by atoms with Crippen LogP contribution >= 0.6 is 11.3 Å². The Bertz CT molecular complexity index is 605. The molecule has 4 nitrogen and oxygen atoms in total. The van der Waals surface area contributed by atoms with Crippen LogP contribution in [0.4, 0.5) is 0 Å². The van der Waals surface area contributed by atoms with Gasteiger partial charge in [-0.3, -0.25) is 9.59 Å². The Morgan fingerprint density at radius 1 is 1.20 bits per heavy atom. The monoisotopic (exact) mass is 360 g/mol. The van der Waals surface area contributed by atoms with Crippen molar-refractivity contribution < 1.29 is 9.59 Å². The summed E-state index contributed by atoms with van der Waals surface area (Å²) in [5.41, 5.74) is 0.338. The molecule has 5 heteroatoms. The highest BCUT2D eigenvalue weighted by Gasteiger charge is 2.53. The fourth-order valence-electron chi connectivity index (χ4n) is 5.96. The van der Waals surface area contributed by atoms with E-state index in [2.05, 4.69) is 17.6 Å². The van der Waals surface area contributed by atoms with Gasteiger partial charge in [0.1, 0.15) is 0 Å². The van der Waals surface area contributed by atoms with Gasteiger partial charge >= 0.3 is 0 Å². The van der Waals surface area contributed by atoms with E-state index in [4.69, 9.17) is 0 Å². The second kappa shape index (κ2) is 6.75. The Morgan fingerprint density at radius 3 is 2.40 bits per heavy atom. The van der Waals surface area contributed by atoms with E-state index in [1.807, 2.05) is 11.4 Å². The van der Waals surface area contributed by atoms with E-state index in [-0.39, 0.29) is 17.9 Å². The summed E-state index contributed by atoms with van der Waals surface area (Å²) in [4.78, 5) is 25.0. The van der Waals surface area contributed by atoms with E-state index < -0.39 is 0 Å². The number of carbonyl (C=O) groups is 2. The lowest BCUT2D eigenvalue weighted by atomic mass is 9.48. The largest absolute Gasteiger partial charge is 0.353 e. The van der Waals surface area contributed by atoms with Gasteiger partial charge in [0.05, 0.1) is 4.88 Å². The van der Waals surface area contributed by atoms with Crippen LogP contribution in [-0.2, 0) is 4.79 Å². The molecule has 4 bridgehead atoms. The van der Waals surface area contributed by atoms with E-state index in [1.165, 1.54) is 49.9 Å². The molecule has 25 heavy (non-hydrogen) atoms. The molecule has 0 saturated heterocycles. The van der Waals surface area contributed by atoms with Crippen molar-refractivity contribution >= 4 is 23.2 Å². The summed E-state index contributed by atoms with van der Waals surface area (Å²) in [7, 11) is 0. The Kier molecular flexibility index (Phi) is 4.61. The topological polar surface area (TPSA) is 58.2 Å². The fraction of sp³-hybridized carbons (Fsp3) is 0.700. The first-order valence-corrected chi connectivity index (χ1v) is 10.5. The van der Waals surface area contributed by atoms with E-state index in [0.29, 0.717) is 23.3 Å². The van der Waals surface area contributed by atoms with Gasteiger partial charge < -0.3 is 10.6 Å². The van der Waals surface area contributed by atoms with Crippen molar-refractivity contribution in [1.82, 2.24) is 10.6 Å². The molecule has 0 aromatic carbocycles. The van der Waals surface area contributed by atoms with Crippen molar-refractivity contribution in [2.24, 2.45) is 23.2 Å². The quantitative estimate of drug-likeness (QED) is 0.814. The van der Waals surface area contributed by atoms with Crippen LogP contribution in [0.2, 0.25) is 0 Å². The first-order valence-electron chi connectivity index (χ1n) is 9.65. The van der Waals surface area contributed by atoms with Gasteiger partial charge in [-0.05, 0) is 80.1 Å². The maximum Gasteiger partial charge on any atom is 0.261 e. The SMILES string of the molecule is C[C@H](NC(=O)CCNC(=O)c1cccs1)C12CC3CC(CC(C3)C1)C2. The van der Waals surface area contributed by atoms with Crippen molar-refractivity contribution in [2.45, 2.75) is 57.9 Å². The summed E-state index contributed by atoms with van der Waals surface area (Å²) in [6.07, 6.45) is 8.53. The minimum absolute atomic E-state index is 0.0646. The van der Waals surface area contributed by atoms with Gasteiger partial charge in [-0.1, -0.05) is 6.07 Å². The Balaban J connectivity index is 1.26.